The van der Waals surface area contributed by atoms with Gasteiger partial charge in [-0.05, 0) is 37.7 Å². The first kappa shape index (κ1) is 20.3. The Morgan fingerprint density at radius 1 is 1.26 bits per heavy atom. The van der Waals surface area contributed by atoms with E-state index in [0.29, 0.717) is 40.6 Å². The van der Waals surface area contributed by atoms with Crippen molar-refractivity contribution >= 4 is 32.6 Å². The fraction of sp³-hybridized carbons (Fsp3) is 0.478. The average molecular weight is 441 g/mol. The number of anilines is 1. The Labute approximate surface area is 183 Å². The highest BCUT2D eigenvalue weighted by atomic mass is 32.1. The topological polar surface area (TPSA) is 68.1 Å². The fourth-order valence-corrected chi connectivity index (χ4v) is 5.52. The molecule has 3 heterocycles. The van der Waals surface area contributed by atoms with Gasteiger partial charge in [-0.15, -0.1) is 0 Å². The molecule has 2 aromatic heterocycles. The van der Waals surface area contributed by atoms with Gasteiger partial charge in [0.1, 0.15) is 12.5 Å². The van der Waals surface area contributed by atoms with Crippen molar-refractivity contribution in [1.82, 2.24) is 14.5 Å². The predicted octanol–water partition coefficient (Wildman–Crippen LogP) is 3.56. The molecule has 162 valence electrons. The van der Waals surface area contributed by atoms with Crippen LogP contribution in [0.3, 0.4) is 0 Å². The second kappa shape index (κ2) is 7.82. The summed E-state index contributed by atoms with van der Waals surface area (Å²) in [6.45, 7) is 0.234. The number of aromatic nitrogens is 3. The molecule has 3 aromatic rings. The molecule has 2 fully saturated rings. The van der Waals surface area contributed by atoms with E-state index in [1.807, 2.05) is 35.2 Å². The van der Waals surface area contributed by atoms with E-state index in [-0.39, 0.29) is 17.4 Å². The predicted molar refractivity (Wildman–Crippen MR) is 120 cm³/mol. The quantitative estimate of drug-likeness (QED) is 0.562. The number of carbonyl (C=O) groups excluding carboxylic acids is 1. The smallest absolute Gasteiger partial charge is 0.280 e. The van der Waals surface area contributed by atoms with Crippen molar-refractivity contribution in [3.63, 3.8) is 0 Å². The number of hydrogen-bond donors (Lipinski definition) is 0. The lowest BCUT2D eigenvalue weighted by Gasteiger charge is -2.22. The minimum absolute atomic E-state index is 0.205. The highest BCUT2D eigenvalue weighted by molar-refractivity contribution is 7.21. The van der Waals surface area contributed by atoms with E-state index >= 15 is 0 Å². The van der Waals surface area contributed by atoms with E-state index < -0.39 is 12.1 Å². The van der Waals surface area contributed by atoms with Gasteiger partial charge in [0, 0.05) is 20.0 Å². The maximum Gasteiger partial charge on any atom is 0.280 e. The number of ketones is 1. The van der Waals surface area contributed by atoms with Crippen LogP contribution in [0.5, 0.6) is 0 Å². The standard InChI is InChI=1S/C23H25FN4O2S/c1-27-20(30)18-19(26-21(27)23(14-24)11-12-23)31-22(25-18)28-13-5-8-16(28)17(29)10-9-15-6-3-2-4-7-15/h2-4,6-7,16H,5,8-14H2,1H3/t16-/m1/s1. The Bertz CT molecular complexity index is 1190. The molecule has 1 aliphatic heterocycles. The highest BCUT2D eigenvalue weighted by Crippen LogP contribution is 2.47. The number of hydrogen-bond acceptors (Lipinski definition) is 6. The summed E-state index contributed by atoms with van der Waals surface area (Å²) in [7, 11) is 1.64. The summed E-state index contributed by atoms with van der Waals surface area (Å²) in [5, 5.41) is 0.664. The molecule has 2 aliphatic rings. The molecule has 0 unspecified atom stereocenters. The van der Waals surface area contributed by atoms with Crippen molar-refractivity contribution in [1.29, 1.82) is 0 Å². The van der Waals surface area contributed by atoms with Crippen molar-refractivity contribution in [2.24, 2.45) is 7.05 Å². The van der Waals surface area contributed by atoms with Crippen molar-refractivity contribution in [3.05, 3.63) is 52.1 Å². The molecule has 0 bridgehead atoms. The number of rotatable bonds is 7. The molecule has 1 aliphatic carbocycles. The molecule has 0 amide bonds. The molecule has 1 atom stereocenters. The third kappa shape index (κ3) is 3.56. The van der Waals surface area contributed by atoms with E-state index in [1.165, 1.54) is 15.9 Å². The van der Waals surface area contributed by atoms with Crippen LogP contribution < -0.4 is 10.5 Å². The Morgan fingerprint density at radius 2 is 2.03 bits per heavy atom. The van der Waals surface area contributed by atoms with E-state index in [1.54, 1.807) is 7.05 Å². The van der Waals surface area contributed by atoms with Crippen LogP contribution in [-0.4, -0.2) is 39.6 Å². The lowest BCUT2D eigenvalue weighted by Crippen LogP contribution is -2.36. The second-order valence-corrected chi connectivity index (χ2v) is 9.62. The van der Waals surface area contributed by atoms with E-state index in [4.69, 9.17) is 0 Å². The molecule has 1 aromatic carbocycles. The number of nitrogens with zero attached hydrogens (tertiary/aromatic N) is 4. The van der Waals surface area contributed by atoms with Crippen LogP contribution in [0.15, 0.2) is 35.1 Å². The lowest BCUT2D eigenvalue weighted by atomic mass is 10.0. The molecule has 1 saturated carbocycles. The van der Waals surface area contributed by atoms with Crippen LogP contribution >= 0.6 is 11.3 Å². The van der Waals surface area contributed by atoms with Gasteiger partial charge in [-0.1, -0.05) is 41.7 Å². The molecule has 0 spiro atoms. The van der Waals surface area contributed by atoms with Gasteiger partial charge in [-0.2, -0.15) is 0 Å². The minimum Gasteiger partial charge on any atom is -0.338 e. The third-order valence-corrected chi connectivity index (χ3v) is 7.57. The van der Waals surface area contributed by atoms with Gasteiger partial charge in [0.2, 0.25) is 0 Å². The van der Waals surface area contributed by atoms with Gasteiger partial charge in [-0.25, -0.2) is 14.4 Å². The summed E-state index contributed by atoms with van der Waals surface area (Å²) in [6.07, 6.45) is 4.35. The molecular formula is C23H25FN4O2S. The Hall–Kier alpha value is -2.61. The fourth-order valence-electron chi connectivity index (χ4n) is 4.52. The number of Topliss-reactive ketones (excluding diaryl/α,β-unsaturated/α-hetero) is 1. The maximum atomic E-state index is 13.6. The zero-order chi connectivity index (χ0) is 21.6. The van der Waals surface area contributed by atoms with Gasteiger partial charge in [0.25, 0.3) is 5.56 Å². The van der Waals surface area contributed by atoms with Gasteiger partial charge >= 0.3 is 0 Å². The second-order valence-electron chi connectivity index (χ2n) is 8.67. The van der Waals surface area contributed by atoms with Crippen molar-refractivity contribution in [2.45, 2.75) is 50.0 Å². The first-order chi connectivity index (χ1) is 15.0. The Kier molecular flexibility index (Phi) is 5.12. The summed E-state index contributed by atoms with van der Waals surface area (Å²) in [4.78, 5) is 37.7. The van der Waals surface area contributed by atoms with Crippen LogP contribution in [0.25, 0.3) is 10.3 Å². The molecule has 8 heteroatoms. The van der Waals surface area contributed by atoms with Crippen LogP contribution in [0.1, 0.15) is 43.5 Å². The van der Waals surface area contributed by atoms with Crippen LogP contribution in [0, 0.1) is 0 Å². The minimum atomic E-state index is -0.615. The van der Waals surface area contributed by atoms with Crippen molar-refractivity contribution in [3.8, 4) is 0 Å². The molecular weight excluding hydrogens is 415 g/mol. The Balaban J connectivity index is 1.41. The number of fused-ring (bicyclic) bond motifs is 1. The largest absolute Gasteiger partial charge is 0.338 e. The number of carbonyl (C=O) groups is 1. The number of alkyl halides is 1. The summed E-state index contributed by atoms with van der Waals surface area (Å²) in [5.74, 6) is 0.719. The maximum absolute atomic E-state index is 13.6. The summed E-state index contributed by atoms with van der Waals surface area (Å²) in [6, 6.07) is 9.80. The van der Waals surface area contributed by atoms with Crippen LogP contribution in [0.4, 0.5) is 9.52 Å². The number of aryl methyl sites for hydroxylation is 1. The molecule has 1 saturated heterocycles. The molecule has 5 rings (SSSR count). The first-order valence-electron chi connectivity index (χ1n) is 10.8. The monoisotopic (exact) mass is 440 g/mol. The van der Waals surface area contributed by atoms with Gasteiger partial charge in [0.05, 0.1) is 11.5 Å². The average Bonchev–Trinajstić information content (AvgIpc) is 3.22. The van der Waals surface area contributed by atoms with E-state index in [2.05, 4.69) is 9.97 Å². The number of benzene rings is 1. The van der Waals surface area contributed by atoms with Crippen LogP contribution in [-0.2, 0) is 23.7 Å². The van der Waals surface area contributed by atoms with Gasteiger partial charge in [-0.3, -0.25) is 14.2 Å². The first-order valence-corrected chi connectivity index (χ1v) is 11.6. The molecule has 31 heavy (non-hydrogen) atoms. The number of halogens is 1. The van der Waals surface area contributed by atoms with E-state index in [9.17, 15) is 14.0 Å². The number of thiazole rings is 1. The third-order valence-electron chi connectivity index (χ3n) is 6.59. The summed E-state index contributed by atoms with van der Waals surface area (Å²) >= 11 is 1.34. The van der Waals surface area contributed by atoms with E-state index in [0.717, 1.165) is 31.4 Å². The lowest BCUT2D eigenvalue weighted by molar-refractivity contribution is -0.120. The summed E-state index contributed by atoms with van der Waals surface area (Å²) < 4.78 is 15.1. The molecule has 0 N–H and O–H groups in total. The molecule has 0 radical (unpaired) electrons. The molecule has 6 nitrogen and oxygen atoms in total. The van der Waals surface area contributed by atoms with Crippen molar-refractivity contribution < 1.29 is 9.18 Å². The SMILES string of the molecule is Cn1c(C2(CF)CC2)nc2sc(N3CCC[C@@H]3C(=O)CCc3ccccc3)nc2c1=O. The zero-order valence-corrected chi connectivity index (χ0v) is 18.3. The van der Waals surface area contributed by atoms with Crippen LogP contribution in [0.2, 0.25) is 0 Å². The zero-order valence-electron chi connectivity index (χ0n) is 17.5. The highest BCUT2D eigenvalue weighted by Gasteiger charge is 2.48. The summed E-state index contributed by atoms with van der Waals surface area (Å²) in [5.41, 5.74) is 0.606. The Morgan fingerprint density at radius 3 is 2.74 bits per heavy atom. The van der Waals surface area contributed by atoms with Crippen molar-refractivity contribution in [2.75, 3.05) is 18.1 Å². The van der Waals surface area contributed by atoms with Gasteiger partial charge in [0.15, 0.2) is 21.3 Å². The normalized spacial score (nSPS) is 19.8. The van der Waals surface area contributed by atoms with Gasteiger partial charge < -0.3 is 4.90 Å².